The van der Waals surface area contributed by atoms with Gasteiger partial charge in [-0.15, -0.1) is 0 Å². The number of nitrogens with zero attached hydrogens (tertiary/aromatic N) is 2. The van der Waals surface area contributed by atoms with Crippen molar-refractivity contribution in [2.24, 2.45) is 0 Å². The molecule has 0 saturated heterocycles. The predicted molar refractivity (Wildman–Crippen MR) is 192 cm³/mol. The van der Waals surface area contributed by atoms with Crippen LogP contribution < -0.4 is 4.89 Å². The number of rotatable bonds is 12. The van der Waals surface area contributed by atoms with Crippen LogP contribution in [0.5, 0.6) is 0 Å². The fraction of sp³-hybridized carbons (Fsp3) is 0.333. The van der Waals surface area contributed by atoms with E-state index in [1.54, 1.807) is 24.3 Å². The quantitative estimate of drug-likeness (QED) is 0.122. The first kappa shape index (κ1) is 46.0. The van der Waals surface area contributed by atoms with Crippen LogP contribution in [-0.4, -0.2) is 75.7 Å². The van der Waals surface area contributed by atoms with Gasteiger partial charge in [-0.1, -0.05) is 121 Å². The number of phosphoric ester groups is 2. The van der Waals surface area contributed by atoms with Gasteiger partial charge in [-0.3, -0.25) is 13.6 Å². The van der Waals surface area contributed by atoms with Gasteiger partial charge >= 0.3 is 7.82 Å². The van der Waals surface area contributed by atoms with Gasteiger partial charge in [-0.05, 0) is 22.3 Å². The summed E-state index contributed by atoms with van der Waals surface area (Å²) in [6.45, 7) is 0.0552. The molecule has 11 nitrogen and oxygen atoms in total. The lowest BCUT2D eigenvalue weighted by atomic mass is 10.2. The van der Waals surface area contributed by atoms with Crippen LogP contribution in [-0.2, 0) is 53.7 Å². The number of hydrogen-bond acceptors (Lipinski definition) is 8. The molecular formula is C36H54N2O9P2. The van der Waals surface area contributed by atoms with E-state index in [-0.39, 0.29) is 31.9 Å². The van der Waals surface area contributed by atoms with Gasteiger partial charge in [0.2, 0.25) is 0 Å². The average molecular weight is 721 g/mol. The summed E-state index contributed by atoms with van der Waals surface area (Å²) in [5, 5.41) is 0. The Bertz CT molecular complexity index is 1260. The maximum absolute atomic E-state index is 11.7. The monoisotopic (exact) mass is 720 g/mol. The molecule has 0 fully saturated rings. The minimum Gasteiger partial charge on any atom is -0.870 e. The number of hydrogen-bond donors (Lipinski definition) is 1. The van der Waals surface area contributed by atoms with Crippen LogP contribution in [0.2, 0.25) is 0 Å². The van der Waals surface area contributed by atoms with Crippen LogP contribution >= 0.6 is 15.6 Å². The van der Waals surface area contributed by atoms with Crippen molar-refractivity contribution >= 4 is 15.6 Å². The Morgan fingerprint density at radius 3 is 0.857 bits per heavy atom. The molecule has 0 bridgehead atoms. The van der Waals surface area contributed by atoms with Crippen LogP contribution in [0.3, 0.4) is 0 Å². The summed E-state index contributed by atoms with van der Waals surface area (Å²) in [5.41, 5.74) is 3.20. The maximum atomic E-state index is 11.7. The van der Waals surface area contributed by atoms with Gasteiger partial charge in [-0.2, -0.15) is 0 Å². The van der Waals surface area contributed by atoms with Crippen molar-refractivity contribution in [3.63, 3.8) is 0 Å². The van der Waals surface area contributed by atoms with Gasteiger partial charge in [0, 0.05) is 0 Å². The lowest BCUT2D eigenvalue weighted by molar-refractivity contribution is -0.849. The van der Waals surface area contributed by atoms with Gasteiger partial charge in [-0.25, -0.2) is 4.57 Å². The predicted octanol–water partition coefficient (Wildman–Crippen LogP) is 6.88. The first-order valence-electron chi connectivity index (χ1n) is 15.3. The third-order valence-electron chi connectivity index (χ3n) is 4.94. The van der Waals surface area contributed by atoms with Crippen LogP contribution in [0.25, 0.3) is 0 Å². The fourth-order valence-electron chi connectivity index (χ4n) is 2.99. The molecule has 0 aliphatic heterocycles. The van der Waals surface area contributed by atoms with Gasteiger partial charge in [0.1, 0.15) is 0 Å². The van der Waals surface area contributed by atoms with E-state index in [1.165, 1.54) is 0 Å². The molecule has 49 heavy (non-hydrogen) atoms. The molecule has 0 atom stereocenters. The van der Waals surface area contributed by atoms with Crippen molar-refractivity contribution in [1.29, 1.82) is 0 Å². The van der Waals surface area contributed by atoms with Crippen molar-refractivity contribution in [3.8, 4) is 0 Å². The Hall–Kier alpha value is -3.02. The Morgan fingerprint density at radius 2 is 0.653 bits per heavy atom. The Kier molecular flexibility index (Phi) is 22.0. The minimum absolute atomic E-state index is 0. The molecule has 4 aromatic carbocycles. The second kappa shape index (κ2) is 23.4. The van der Waals surface area contributed by atoms with E-state index in [1.807, 2.05) is 97.1 Å². The molecule has 272 valence electrons. The Morgan fingerprint density at radius 1 is 0.469 bits per heavy atom. The van der Waals surface area contributed by atoms with E-state index in [9.17, 15) is 18.9 Å². The Labute approximate surface area is 293 Å². The SMILES string of the molecule is C[N+](C)(C)C.C[N+](C)(C)C.O=P(O)(OCc1ccccc1)OCc1ccccc1.O=P([O-])(OCc1ccccc1)OCc1ccccc1.[OH-]. The summed E-state index contributed by atoms with van der Waals surface area (Å²) in [7, 11) is 8.70. The molecule has 0 radical (unpaired) electrons. The van der Waals surface area contributed by atoms with Gasteiger partial charge < -0.3 is 33.3 Å². The van der Waals surface area contributed by atoms with E-state index >= 15 is 0 Å². The van der Waals surface area contributed by atoms with Crippen LogP contribution in [0.1, 0.15) is 22.3 Å². The van der Waals surface area contributed by atoms with Crippen molar-refractivity contribution in [2.75, 3.05) is 56.4 Å². The third-order valence-corrected chi connectivity index (χ3v) is 6.74. The Balaban J connectivity index is 0.000000727. The normalized spacial score (nSPS) is 11.3. The maximum Gasteiger partial charge on any atom is 0.472 e. The molecule has 0 aliphatic rings. The summed E-state index contributed by atoms with van der Waals surface area (Å²) in [5.74, 6) is 0. The molecule has 0 amide bonds. The summed E-state index contributed by atoms with van der Waals surface area (Å²) in [4.78, 5) is 21.1. The van der Waals surface area contributed by atoms with E-state index in [4.69, 9.17) is 18.1 Å². The lowest BCUT2D eigenvalue weighted by Gasteiger charge is -2.22. The number of quaternary nitrogens is 2. The molecule has 2 N–H and O–H groups in total. The summed E-state index contributed by atoms with van der Waals surface area (Å²) in [6, 6.07) is 36.5. The number of phosphoric acid groups is 2. The van der Waals surface area contributed by atoms with Crippen molar-refractivity contribution < 1.29 is 51.5 Å². The topological polar surface area (TPSA) is 144 Å². The molecule has 13 heteroatoms. The van der Waals surface area contributed by atoms with E-state index in [0.717, 1.165) is 31.2 Å². The molecule has 0 spiro atoms. The van der Waals surface area contributed by atoms with E-state index < -0.39 is 15.6 Å². The fourth-order valence-corrected chi connectivity index (χ4v) is 4.38. The van der Waals surface area contributed by atoms with Crippen LogP contribution in [0.15, 0.2) is 121 Å². The zero-order valence-corrected chi connectivity index (χ0v) is 31.7. The van der Waals surface area contributed by atoms with Crippen molar-refractivity contribution in [3.05, 3.63) is 144 Å². The molecule has 0 unspecified atom stereocenters. The van der Waals surface area contributed by atoms with Crippen molar-refractivity contribution in [1.82, 2.24) is 0 Å². The molecule has 0 aromatic heterocycles. The molecule has 0 saturated carbocycles. The van der Waals surface area contributed by atoms with E-state index in [2.05, 4.69) is 56.4 Å². The van der Waals surface area contributed by atoms with Gasteiger partial charge in [0.15, 0.2) is 0 Å². The molecule has 0 aliphatic carbocycles. The average Bonchev–Trinajstić information content (AvgIpc) is 3.02. The van der Waals surface area contributed by atoms with Gasteiger partial charge in [0.05, 0.1) is 82.8 Å². The second-order valence-corrected chi connectivity index (χ2v) is 16.2. The summed E-state index contributed by atoms with van der Waals surface area (Å²) in [6.07, 6.45) is 0. The lowest BCUT2D eigenvalue weighted by Crippen LogP contribution is -2.27. The smallest absolute Gasteiger partial charge is 0.472 e. The zero-order valence-electron chi connectivity index (χ0n) is 29.9. The summed E-state index contributed by atoms with van der Waals surface area (Å²) >= 11 is 0. The molecular weight excluding hydrogens is 666 g/mol. The second-order valence-electron chi connectivity index (χ2n) is 13.3. The molecule has 4 rings (SSSR count). The first-order valence-corrected chi connectivity index (χ1v) is 18.2. The first-order chi connectivity index (χ1) is 22.3. The van der Waals surface area contributed by atoms with Gasteiger partial charge in [0.25, 0.3) is 7.82 Å². The highest BCUT2D eigenvalue weighted by molar-refractivity contribution is 7.47. The summed E-state index contributed by atoms with van der Waals surface area (Å²) < 4.78 is 44.7. The zero-order chi connectivity index (χ0) is 36.1. The van der Waals surface area contributed by atoms with Crippen molar-refractivity contribution in [2.45, 2.75) is 26.4 Å². The van der Waals surface area contributed by atoms with Crippen LogP contribution in [0.4, 0.5) is 0 Å². The van der Waals surface area contributed by atoms with E-state index in [0.29, 0.717) is 0 Å². The molecule has 0 heterocycles. The number of benzene rings is 4. The van der Waals surface area contributed by atoms with Crippen LogP contribution in [0, 0.1) is 0 Å². The standard InChI is InChI=1S/2C14H15O4P.2C4H12N.H2O/c2*15-19(16,17-11-13-7-3-1-4-8-13)18-12-14-9-5-2-6-10-14;2*1-5(2,3)4;/h2*1-10H,11-12H2,(H,15,16);2*1-4H3;1H2/q;;2*+1;/p-2. The highest BCUT2D eigenvalue weighted by Gasteiger charge is 2.21. The largest absolute Gasteiger partial charge is 0.870 e. The molecule has 4 aromatic rings. The minimum atomic E-state index is -4.27. The third kappa shape index (κ3) is 29.6. The highest BCUT2D eigenvalue weighted by atomic mass is 31.2. The highest BCUT2D eigenvalue weighted by Crippen LogP contribution is 2.45.